The van der Waals surface area contributed by atoms with Crippen LogP contribution < -0.4 is 19.1 Å². The standard InChI is InChI=1S/C26H28N2O5S/c1-18-10-12-23-22(15-18)28(34(30,31)21-7-5-4-6-8-21)17-25(33-23)26(29)27-13-14-32-24-16-19(2)9-11-20(24)3/h4-12,15-16,25H,13-14,17H2,1-3H3,(H,27,29). The van der Waals surface area contributed by atoms with E-state index in [1.807, 2.05) is 45.0 Å². The number of ether oxygens (including phenoxy) is 2. The highest BCUT2D eigenvalue weighted by atomic mass is 32.2. The van der Waals surface area contributed by atoms with Gasteiger partial charge in [-0.25, -0.2) is 8.42 Å². The van der Waals surface area contributed by atoms with E-state index < -0.39 is 22.0 Å². The van der Waals surface area contributed by atoms with Crippen LogP contribution in [0.3, 0.4) is 0 Å². The average molecular weight is 481 g/mol. The van der Waals surface area contributed by atoms with Gasteiger partial charge >= 0.3 is 0 Å². The molecule has 1 N–H and O–H groups in total. The van der Waals surface area contributed by atoms with Gasteiger partial charge in [0, 0.05) is 0 Å². The van der Waals surface area contributed by atoms with E-state index in [0.29, 0.717) is 11.4 Å². The number of fused-ring (bicyclic) bond motifs is 1. The van der Waals surface area contributed by atoms with Crippen molar-refractivity contribution in [1.29, 1.82) is 0 Å². The summed E-state index contributed by atoms with van der Waals surface area (Å²) in [6.07, 6.45) is -0.991. The van der Waals surface area contributed by atoms with Crippen molar-refractivity contribution in [2.45, 2.75) is 31.8 Å². The normalized spacial score (nSPS) is 15.3. The quantitative estimate of drug-likeness (QED) is 0.521. The van der Waals surface area contributed by atoms with Gasteiger partial charge < -0.3 is 14.8 Å². The minimum absolute atomic E-state index is 0.128. The van der Waals surface area contributed by atoms with E-state index in [-0.39, 0.29) is 24.6 Å². The van der Waals surface area contributed by atoms with Crippen LogP contribution in [0.5, 0.6) is 11.5 Å². The second-order valence-corrected chi connectivity index (χ2v) is 10.2. The Morgan fingerprint density at radius 2 is 1.74 bits per heavy atom. The lowest BCUT2D eigenvalue weighted by Crippen LogP contribution is -2.51. The smallest absolute Gasteiger partial charge is 0.264 e. The molecule has 3 aromatic carbocycles. The van der Waals surface area contributed by atoms with Crippen LogP contribution >= 0.6 is 0 Å². The molecular weight excluding hydrogens is 452 g/mol. The molecule has 0 aliphatic carbocycles. The van der Waals surface area contributed by atoms with E-state index in [9.17, 15) is 13.2 Å². The highest BCUT2D eigenvalue weighted by molar-refractivity contribution is 7.92. The number of carbonyl (C=O) groups is 1. The van der Waals surface area contributed by atoms with Crippen molar-refractivity contribution in [1.82, 2.24) is 5.32 Å². The summed E-state index contributed by atoms with van der Waals surface area (Å²) in [6, 6.07) is 19.4. The molecule has 8 heteroatoms. The van der Waals surface area contributed by atoms with E-state index in [0.717, 1.165) is 22.4 Å². The highest BCUT2D eigenvalue weighted by Gasteiger charge is 2.37. The largest absolute Gasteiger partial charge is 0.491 e. The number of nitrogens with one attached hydrogen (secondary N) is 1. The summed E-state index contributed by atoms with van der Waals surface area (Å²) in [5.41, 5.74) is 3.42. The second-order valence-electron chi connectivity index (χ2n) is 8.34. The van der Waals surface area contributed by atoms with Gasteiger partial charge in [-0.2, -0.15) is 0 Å². The maximum Gasteiger partial charge on any atom is 0.264 e. The molecule has 1 unspecified atom stereocenters. The van der Waals surface area contributed by atoms with Gasteiger partial charge in [-0.1, -0.05) is 36.4 Å². The van der Waals surface area contributed by atoms with Crippen LogP contribution in [0.25, 0.3) is 0 Å². The van der Waals surface area contributed by atoms with Crippen molar-refractivity contribution in [2.24, 2.45) is 0 Å². The molecule has 1 aliphatic rings. The lowest BCUT2D eigenvalue weighted by Gasteiger charge is -2.35. The summed E-state index contributed by atoms with van der Waals surface area (Å²) in [6.45, 7) is 6.25. The molecule has 1 atom stereocenters. The van der Waals surface area contributed by atoms with Crippen LogP contribution in [0, 0.1) is 20.8 Å². The number of anilines is 1. The molecule has 0 spiro atoms. The van der Waals surface area contributed by atoms with Gasteiger partial charge in [0.2, 0.25) is 0 Å². The fourth-order valence-corrected chi connectivity index (χ4v) is 5.25. The number of carbonyl (C=O) groups excluding carboxylic acids is 1. The first-order valence-corrected chi connectivity index (χ1v) is 12.5. The average Bonchev–Trinajstić information content (AvgIpc) is 2.83. The SMILES string of the molecule is Cc1ccc(C)c(OCCNC(=O)C2CN(S(=O)(=O)c3ccccc3)c3cc(C)ccc3O2)c1. The van der Waals surface area contributed by atoms with Crippen molar-refractivity contribution in [2.75, 3.05) is 24.0 Å². The monoisotopic (exact) mass is 480 g/mol. The maximum atomic E-state index is 13.4. The molecule has 178 valence electrons. The minimum Gasteiger partial charge on any atom is -0.491 e. The number of hydrogen-bond donors (Lipinski definition) is 1. The van der Waals surface area contributed by atoms with Crippen molar-refractivity contribution in [3.05, 3.63) is 83.4 Å². The van der Waals surface area contributed by atoms with E-state index in [1.165, 1.54) is 4.31 Å². The third-order valence-corrected chi connectivity index (χ3v) is 7.40. The Morgan fingerprint density at radius 1 is 1.03 bits per heavy atom. The Hall–Kier alpha value is -3.52. The molecule has 0 bridgehead atoms. The first-order chi connectivity index (χ1) is 16.3. The summed E-state index contributed by atoms with van der Waals surface area (Å²) in [5, 5.41) is 2.80. The summed E-state index contributed by atoms with van der Waals surface area (Å²) < 4.78 is 39.8. The van der Waals surface area contributed by atoms with Gasteiger partial charge in [-0.05, 0) is 67.8 Å². The molecule has 7 nitrogen and oxygen atoms in total. The minimum atomic E-state index is -3.88. The molecule has 0 aromatic heterocycles. The Labute approximate surface area is 200 Å². The fraction of sp³-hybridized carbons (Fsp3) is 0.269. The number of sulfonamides is 1. The molecule has 0 fully saturated rings. The van der Waals surface area contributed by atoms with Crippen LogP contribution in [0.2, 0.25) is 0 Å². The molecule has 1 aliphatic heterocycles. The van der Waals surface area contributed by atoms with Crippen molar-refractivity contribution in [3.63, 3.8) is 0 Å². The lowest BCUT2D eigenvalue weighted by molar-refractivity contribution is -0.127. The zero-order valence-electron chi connectivity index (χ0n) is 19.4. The number of nitrogens with zero attached hydrogens (tertiary/aromatic N) is 1. The van der Waals surface area contributed by atoms with Crippen LogP contribution in [0.15, 0.2) is 71.6 Å². The Morgan fingerprint density at radius 3 is 2.50 bits per heavy atom. The van der Waals surface area contributed by atoms with Crippen molar-refractivity contribution < 1.29 is 22.7 Å². The third-order valence-electron chi connectivity index (χ3n) is 5.61. The summed E-state index contributed by atoms with van der Waals surface area (Å²) in [4.78, 5) is 13.1. The van der Waals surface area contributed by atoms with Gasteiger partial charge in [-0.3, -0.25) is 9.10 Å². The van der Waals surface area contributed by atoms with Gasteiger partial charge in [0.1, 0.15) is 18.1 Å². The second kappa shape index (κ2) is 9.77. The summed E-state index contributed by atoms with van der Waals surface area (Å²) in [7, 11) is -3.88. The molecule has 0 radical (unpaired) electrons. The molecule has 1 heterocycles. The van der Waals surface area contributed by atoms with Crippen LogP contribution in [0.4, 0.5) is 5.69 Å². The van der Waals surface area contributed by atoms with Gasteiger partial charge in [0.15, 0.2) is 6.10 Å². The van der Waals surface area contributed by atoms with Crippen molar-refractivity contribution in [3.8, 4) is 11.5 Å². The molecule has 3 aromatic rings. The van der Waals surface area contributed by atoms with Crippen LogP contribution in [0.1, 0.15) is 16.7 Å². The van der Waals surface area contributed by atoms with E-state index in [4.69, 9.17) is 9.47 Å². The van der Waals surface area contributed by atoms with Gasteiger partial charge in [0.05, 0.1) is 23.7 Å². The molecule has 1 amide bonds. The predicted octanol–water partition coefficient (Wildman–Crippen LogP) is 3.76. The summed E-state index contributed by atoms with van der Waals surface area (Å²) in [5.74, 6) is 0.722. The number of rotatable bonds is 7. The first kappa shape index (κ1) is 23.6. The zero-order chi connectivity index (χ0) is 24.3. The lowest BCUT2D eigenvalue weighted by atomic mass is 10.1. The van der Waals surface area contributed by atoms with Crippen LogP contribution in [-0.2, 0) is 14.8 Å². The third kappa shape index (κ3) is 5.02. The Kier molecular flexibility index (Phi) is 6.79. The van der Waals surface area contributed by atoms with Crippen LogP contribution in [-0.4, -0.2) is 40.1 Å². The van der Waals surface area contributed by atoms with Gasteiger partial charge in [0.25, 0.3) is 15.9 Å². The summed E-state index contributed by atoms with van der Waals surface area (Å²) >= 11 is 0. The molecule has 0 saturated heterocycles. The Balaban J connectivity index is 1.48. The topological polar surface area (TPSA) is 84.9 Å². The highest BCUT2D eigenvalue weighted by Crippen LogP contribution is 2.37. The molecule has 4 rings (SSSR count). The number of amides is 1. The zero-order valence-corrected chi connectivity index (χ0v) is 20.3. The molecule has 34 heavy (non-hydrogen) atoms. The predicted molar refractivity (Wildman–Crippen MR) is 131 cm³/mol. The number of benzene rings is 3. The molecule has 0 saturated carbocycles. The number of aryl methyl sites for hydroxylation is 3. The Bertz CT molecular complexity index is 1290. The van der Waals surface area contributed by atoms with Gasteiger partial charge in [-0.15, -0.1) is 0 Å². The van der Waals surface area contributed by atoms with E-state index >= 15 is 0 Å². The number of hydrogen-bond acceptors (Lipinski definition) is 5. The molecular formula is C26H28N2O5S. The maximum absolute atomic E-state index is 13.4. The van der Waals surface area contributed by atoms with Crippen molar-refractivity contribution >= 4 is 21.6 Å². The van der Waals surface area contributed by atoms with E-state index in [1.54, 1.807) is 42.5 Å². The first-order valence-electron chi connectivity index (χ1n) is 11.1. The fourth-order valence-electron chi connectivity index (χ4n) is 3.76. The van der Waals surface area contributed by atoms with E-state index in [2.05, 4.69) is 5.32 Å².